The minimum atomic E-state index is -1.12. The molecule has 0 bridgehead atoms. The minimum Gasteiger partial charge on any atom is -0.478 e. The summed E-state index contributed by atoms with van der Waals surface area (Å²) in [6.07, 6.45) is 1.59. The van der Waals surface area contributed by atoms with Crippen LogP contribution in [0.5, 0.6) is 0 Å². The lowest BCUT2D eigenvalue weighted by Crippen LogP contribution is -2.16. The van der Waals surface area contributed by atoms with Crippen molar-refractivity contribution in [3.05, 3.63) is 34.2 Å². The van der Waals surface area contributed by atoms with Gasteiger partial charge in [0.05, 0.1) is 10.7 Å². The number of amides is 1. The Morgan fingerprint density at radius 3 is 2.74 bits per heavy atom. The Hall–Kier alpha value is -1.86. The van der Waals surface area contributed by atoms with Gasteiger partial charge in [-0.25, -0.2) is 4.79 Å². The number of carboxylic acids is 1. The van der Waals surface area contributed by atoms with E-state index in [-0.39, 0.29) is 10.6 Å². The Balaban J connectivity index is 2.29. The second-order valence-electron chi connectivity index (χ2n) is 3.89. The van der Waals surface area contributed by atoms with Crippen LogP contribution in [0.15, 0.2) is 12.3 Å². The highest BCUT2D eigenvalue weighted by Gasteiger charge is 2.20. The number of hydrogen-bond donors (Lipinski definition) is 2. The van der Waals surface area contributed by atoms with Gasteiger partial charge < -0.3 is 15.0 Å². The first-order valence-corrected chi connectivity index (χ1v) is 6.38. The number of aryl methyl sites for hydroxylation is 2. The van der Waals surface area contributed by atoms with Crippen molar-refractivity contribution in [3.63, 3.8) is 0 Å². The fraction of sp³-hybridized carbons (Fsp3) is 0.182. The Bertz CT molecular complexity index is 662. The predicted molar refractivity (Wildman–Crippen MR) is 72.2 cm³/mol. The van der Waals surface area contributed by atoms with E-state index in [4.69, 9.17) is 16.7 Å². The fourth-order valence-corrected chi connectivity index (χ4v) is 2.66. The fourth-order valence-electron chi connectivity index (χ4n) is 1.62. The number of halogens is 1. The Morgan fingerprint density at radius 1 is 1.53 bits per heavy atom. The van der Waals surface area contributed by atoms with Gasteiger partial charge in [-0.2, -0.15) is 4.37 Å². The van der Waals surface area contributed by atoms with Gasteiger partial charge in [0.1, 0.15) is 16.3 Å². The third-order valence-electron chi connectivity index (χ3n) is 2.51. The predicted octanol–water partition coefficient (Wildman–Crippen LogP) is 2.39. The lowest BCUT2D eigenvalue weighted by molar-refractivity contribution is 0.0697. The molecular weight excluding hydrogens is 290 g/mol. The number of aromatic nitrogens is 2. The summed E-state index contributed by atoms with van der Waals surface area (Å²) in [7, 11) is 1.68. The van der Waals surface area contributed by atoms with E-state index in [0.717, 1.165) is 11.5 Å². The summed E-state index contributed by atoms with van der Waals surface area (Å²) in [5.41, 5.74) is 0.726. The maximum Gasteiger partial charge on any atom is 0.340 e. The monoisotopic (exact) mass is 299 g/mol. The molecule has 1 amide bonds. The second-order valence-corrected chi connectivity index (χ2v) is 5.10. The summed E-state index contributed by atoms with van der Waals surface area (Å²) >= 11 is 6.73. The maximum absolute atomic E-state index is 12.0. The molecule has 2 aromatic heterocycles. The van der Waals surface area contributed by atoms with Gasteiger partial charge in [0.2, 0.25) is 0 Å². The number of carbonyl (C=O) groups excluding carboxylic acids is 1. The molecule has 0 aliphatic rings. The molecule has 6 nitrogen and oxygen atoms in total. The molecule has 2 rings (SSSR count). The van der Waals surface area contributed by atoms with Crippen molar-refractivity contribution in [2.45, 2.75) is 6.92 Å². The third kappa shape index (κ3) is 2.61. The molecule has 0 unspecified atom stereocenters. The first-order valence-electron chi connectivity index (χ1n) is 5.23. The van der Waals surface area contributed by atoms with E-state index in [0.29, 0.717) is 16.4 Å². The zero-order valence-corrected chi connectivity index (χ0v) is 11.7. The van der Waals surface area contributed by atoms with E-state index in [1.54, 1.807) is 24.7 Å². The van der Waals surface area contributed by atoms with Crippen molar-refractivity contribution < 1.29 is 14.7 Å². The average molecular weight is 300 g/mol. The smallest absolute Gasteiger partial charge is 0.340 e. The largest absolute Gasteiger partial charge is 0.478 e. The standard InChI is InChI=1S/C11H10ClN3O3S/c1-5-8(11(17)18)10(19-14-5)13-9(16)7-3-6(12)4-15(7)2/h3-4H,1-2H3,(H,13,16)(H,17,18). The number of carbonyl (C=O) groups is 2. The lowest BCUT2D eigenvalue weighted by atomic mass is 10.2. The molecule has 0 aliphatic carbocycles. The van der Waals surface area contributed by atoms with E-state index >= 15 is 0 Å². The molecular formula is C11H10ClN3O3S. The second kappa shape index (κ2) is 5.02. The van der Waals surface area contributed by atoms with Crippen LogP contribution in [0, 0.1) is 6.92 Å². The van der Waals surface area contributed by atoms with E-state index in [9.17, 15) is 9.59 Å². The number of anilines is 1. The lowest BCUT2D eigenvalue weighted by Gasteiger charge is -2.04. The quantitative estimate of drug-likeness (QED) is 0.911. The molecule has 0 aromatic carbocycles. The molecule has 0 aliphatic heterocycles. The number of aromatic carboxylic acids is 1. The van der Waals surface area contributed by atoms with Crippen LogP contribution in [-0.4, -0.2) is 25.9 Å². The van der Waals surface area contributed by atoms with E-state index in [1.807, 2.05) is 0 Å². The van der Waals surface area contributed by atoms with Crippen LogP contribution >= 0.6 is 23.1 Å². The summed E-state index contributed by atoms with van der Waals surface area (Å²) in [6.45, 7) is 1.58. The van der Waals surface area contributed by atoms with Crippen LogP contribution in [0.1, 0.15) is 26.5 Å². The highest BCUT2D eigenvalue weighted by molar-refractivity contribution is 7.11. The summed E-state index contributed by atoms with van der Waals surface area (Å²) in [4.78, 5) is 23.1. The van der Waals surface area contributed by atoms with Gasteiger partial charge >= 0.3 is 5.97 Å². The molecule has 0 radical (unpaired) electrons. The van der Waals surface area contributed by atoms with E-state index in [2.05, 4.69) is 9.69 Å². The molecule has 0 atom stereocenters. The van der Waals surface area contributed by atoms with Crippen LogP contribution < -0.4 is 5.32 Å². The molecule has 100 valence electrons. The number of rotatable bonds is 3. The molecule has 0 fully saturated rings. The SMILES string of the molecule is Cc1nsc(NC(=O)c2cc(Cl)cn2C)c1C(=O)O. The molecule has 2 heterocycles. The Kier molecular flexibility index (Phi) is 3.59. The Morgan fingerprint density at radius 2 is 2.21 bits per heavy atom. The van der Waals surface area contributed by atoms with Crippen molar-refractivity contribution in [1.82, 2.24) is 8.94 Å². The highest BCUT2D eigenvalue weighted by atomic mass is 35.5. The first-order chi connectivity index (χ1) is 8.90. The van der Waals surface area contributed by atoms with Crippen LogP contribution in [0.25, 0.3) is 0 Å². The van der Waals surface area contributed by atoms with Gasteiger partial charge in [0.15, 0.2) is 0 Å². The molecule has 0 saturated heterocycles. The molecule has 2 N–H and O–H groups in total. The van der Waals surface area contributed by atoms with Gasteiger partial charge in [-0.1, -0.05) is 11.6 Å². The van der Waals surface area contributed by atoms with E-state index in [1.165, 1.54) is 6.07 Å². The molecule has 2 aromatic rings. The van der Waals surface area contributed by atoms with Crippen LogP contribution in [0.3, 0.4) is 0 Å². The molecule has 0 spiro atoms. The van der Waals surface area contributed by atoms with Gasteiger partial charge in [-0.05, 0) is 24.5 Å². The molecule has 0 saturated carbocycles. The average Bonchev–Trinajstić information content (AvgIpc) is 2.82. The van der Waals surface area contributed by atoms with Gasteiger partial charge in [0, 0.05) is 13.2 Å². The van der Waals surface area contributed by atoms with Gasteiger partial charge in [0.25, 0.3) is 5.91 Å². The minimum absolute atomic E-state index is 0.0126. The van der Waals surface area contributed by atoms with Gasteiger partial charge in [-0.15, -0.1) is 0 Å². The summed E-state index contributed by atoms with van der Waals surface area (Å²) < 4.78 is 5.49. The van der Waals surface area contributed by atoms with Crippen LogP contribution in [0.2, 0.25) is 5.02 Å². The number of nitrogens with zero attached hydrogens (tertiary/aromatic N) is 2. The van der Waals surface area contributed by atoms with Crippen LogP contribution in [-0.2, 0) is 7.05 Å². The zero-order valence-electron chi connectivity index (χ0n) is 10.1. The summed E-state index contributed by atoms with van der Waals surface area (Å²) in [5, 5.41) is 12.3. The zero-order chi connectivity index (χ0) is 14.2. The maximum atomic E-state index is 12.0. The normalized spacial score (nSPS) is 10.5. The van der Waals surface area contributed by atoms with Gasteiger partial charge in [-0.3, -0.25) is 4.79 Å². The topological polar surface area (TPSA) is 84.2 Å². The number of carboxylic acid groups (broad SMARTS) is 1. The third-order valence-corrected chi connectivity index (χ3v) is 3.57. The van der Waals surface area contributed by atoms with E-state index < -0.39 is 11.9 Å². The van der Waals surface area contributed by atoms with Crippen molar-refractivity contribution in [2.24, 2.45) is 7.05 Å². The number of nitrogens with one attached hydrogen (secondary N) is 1. The van der Waals surface area contributed by atoms with Crippen LogP contribution in [0.4, 0.5) is 5.00 Å². The van der Waals surface area contributed by atoms with Crippen molar-refractivity contribution in [1.29, 1.82) is 0 Å². The summed E-state index contributed by atoms with van der Waals surface area (Å²) in [5.74, 6) is -1.55. The Labute approximate surface area is 117 Å². The molecule has 19 heavy (non-hydrogen) atoms. The first kappa shape index (κ1) is 13.6. The summed E-state index contributed by atoms with van der Waals surface area (Å²) in [6, 6.07) is 1.51. The number of hydrogen-bond acceptors (Lipinski definition) is 4. The highest BCUT2D eigenvalue weighted by Crippen LogP contribution is 2.25. The van der Waals surface area contributed by atoms with Crippen molar-refractivity contribution in [2.75, 3.05) is 5.32 Å². The van der Waals surface area contributed by atoms with Crippen molar-refractivity contribution >= 4 is 40.0 Å². The molecule has 8 heteroatoms. The van der Waals surface area contributed by atoms with Crippen molar-refractivity contribution in [3.8, 4) is 0 Å².